The summed E-state index contributed by atoms with van der Waals surface area (Å²) in [7, 11) is 2.20. The van der Waals surface area contributed by atoms with Crippen LogP contribution in [0.5, 0.6) is 0 Å². The molecule has 1 aliphatic heterocycles. The lowest BCUT2D eigenvalue weighted by Crippen LogP contribution is -2.42. The Balaban J connectivity index is 1.20. The van der Waals surface area contributed by atoms with Crippen LogP contribution in [-0.2, 0) is 16.1 Å². The summed E-state index contributed by atoms with van der Waals surface area (Å²) in [5.74, 6) is 0.0789. The van der Waals surface area contributed by atoms with E-state index in [0.29, 0.717) is 38.5 Å². The first-order valence-electron chi connectivity index (χ1n) is 12.7. The molecule has 180 valence electrons. The van der Waals surface area contributed by atoms with Crippen molar-refractivity contribution < 1.29 is 9.59 Å². The van der Waals surface area contributed by atoms with Gasteiger partial charge in [0, 0.05) is 50.4 Å². The highest BCUT2D eigenvalue weighted by molar-refractivity contribution is 5.92. The first-order chi connectivity index (χ1) is 16.6. The molecule has 1 heterocycles. The van der Waals surface area contributed by atoms with E-state index in [1.807, 2.05) is 41.3 Å². The van der Waals surface area contributed by atoms with E-state index in [1.165, 1.54) is 37.8 Å². The fourth-order valence-corrected chi connectivity index (χ4v) is 5.06. The Morgan fingerprint density at radius 1 is 0.941 bits per heavy atom. The Hall–Kier alpha value is -3.08. The molecule has 2 aliphatic rings. The largest absolute Gasteiger partial charge is 0.372 e. The van der Waals surface area contributed by atoms with Crippen LogP contribution in [0.2, 0.25) is 0 Å². The second-order valence-electron chi connectivity index (χ2n) is 9.63. The van der Waals surface area contributed by atoms with Gasteiger partial charge in [0.2, 0.25) is 11.8 Å². The molecule has 2 aromatic carbocycles. The average Bonchev–Trinajstić information content (AvgIpc) is 2.91. The third-order valence-electron chi connectivity index (χ3n) is 7.33. The number of benzene rings is 2. The molecule has 1 N–H and O–H groups in total. The van der Waals surface area contributed by atoms with Gasteiger partial charge in [-0.15, -0.1) is 0 Å². The van der Waals surface area contributed by atoms with Crippen LogP contribution in [0.15, 0.2) is 60.7 Å². The van der Waals surface area contributed by atoms with Gasteiger partial charge >= 0.3 is 0 Å². The zero-order valence-corrected chi connectivity index (χ0v) is 20.3. The normalized spacial score (nSPS) is 17.6. The van der Waals surface area contributed by atoms with E-state index in [2.05, 4.69) is 41.5 Å². The third-order valence-corrected chi connectivity index (χ3v) is 7.33. The Bertz CT molecular complexity index is 957. The number of rotatable bonds is 7. The number of anilines is 1. The SMILES string of the molecule is CN(c1ccc(CNC(=O)C2CCN(C(=O)/C=C/c3ccccc3)CC2)cc1)C1CCCCC1. The molecule has 0 aromatic heterocycles. The van der Waals surface area contributed by atoms with E-state index in [1.54, 1.807) is 6.08 Å². The highest BCUT2D eigenvalue weighted by Gasteiger charge is 2.26. The molecule has 34 heavy (non-hydrogen) atoms. The van der Waals surface area contributed by atoms with Crippen molar-refractivity contribution in [2.75, 3.05) is 25.0 Å². The summed E-state index contributed by atoms with van der Waals surface area (Å²) in [6.45, 7) is 1.79. The molecule has 0 spiro atoms. The van der Waals surface area contributed by atoms with Gasteiger partial charge in [-0.1, -0.05) is 61.7 Å². The van der Waals surface area contributed by atoms with Crippen molar-refractivity contribution >= 4 is 23.6 Å². The Morgan fingerprint density at radius 3 is 2.29 bits per heavy atom. The fraction of sp³-hybridized carbons (Fsp3) is 0.448. The molecule has 1 saturated carbocycles. The number of hydrogen-bond acceptors (Lipinski definition) is 3. The Labute approximate surface area is 203 Å². The summed E-state index contributed by atoms with van der Waals surface area (Å²) in [5, 5.41) is 3.10. The van der Waals surface area contributed by atoms with E-state index < -0.39 is 0 Å². The second-order valence-corrected chi connectivity index (χ2v) is 9.63. The van der Waals surface area contributed by atoms with Crippen LogP contribution in [0.3, 0.4) is 0 Å². The molecule has 0 radical (unpaired) electrons. The van der Waals surface area contributed by atoms with Crippen molar-refractivity contribution in [1.29, 1.82) is 0 Å². The monoisotopic (exact) mass is 459 g/mol. The summed E-state index contributed by atoms with van der Waals surface area (Å²) < 4.78 is 0. The van der Waals surface area contributed by atoms with E-state index in [0.717, 1.165) is 11.1 Å². The standard InChI is InChI=1S/C29H37N3O2/c1-31(26-10-6-3-7-11-26)27-15-12-24(13-16-27)22-30-29(34)25-18-20-32(21-19-25)28(33)17-14-23-8-4-2-5-9-23/h2,4-5,8-9,12-17,25-26H,3,6-7,10-11,18-22H2,1H3,(H,30,34)/b17-14+. The molecule has 5 heteroatoms. The van der Waals surface area contributed by atoms with Crippen LogP contribution in [-0.4, -0.2) is 42.9 Å². The highest BCUT2D eigenvalue weighted by Crippen LogP contribution is 2.26. The Kier molecular flexibility index (Phi) is 8.40. The van der Waals surface area contributed by atoms with Gasteiger partial charge in [0.15, 0.2) is 0 Å². The van der Waals surface area contributed by atoms with Gasteiger partial charge in [0.05, 0.1) is 0 Å². The Morgan fingerprint density at radius 2 is 1.62 bits per heavy atom. The first kappa shape index (κ1) is 24.1. The van der Waals surface area contributed by atoms with Gasteiger partial charge in [0.1, 0.15) is 0 Å². The molecule has 2 fully saturated rings. The summed E-state index contributed by atoms with van der Waals surface area (Å²) in [4.78, 5) is 29.4. The van der Waals surface area contributed by atoms with Crippen LogP contribution < -0.4 is 10.2 Å². The predicted octanol–water partition coefficient (Wildman–Crippen LogP) is 5.02. The summed E-state index contributed by atoms with van der Waals surface area (Å²) in [5.41, 5.74) is 3.38. The number of carbonyl (C=O) groups is 2. The minimum Gasteiger partial charge on any atom is -0.372 e. The summed E-state index contributed by atoms with van der Waals surface area (Å²) in [6.07, 6.45) is 11.5. The topological polar surface area (TPSA) is 52.7 Å². The molecule has 1 saturated heterocycles. The maximum atomic E-state index is 12.7. The van der Waals surface area contributed by atoms with Crippen molar-refractivity contribution in [3.8, 4) is 0 Å². The van der Waals surface area contributed by atoms with Crippen LogP contribution in [0, 0.1) is 5.92 Å². The molecule has 0 unspecified atom stereocenters. The number of hydrogen-bond donors (Lipinski definition) is 1. The number of piperidine rings is 1. The molecule has 0 bridgehead atoms. The molecule has 5 nitrogen and oxygen atoms in total. The van der Waals surface area contributed by atoms with Crippen LogP contribution in [0.1, 0.15) is 56.1 Å². The lowest BCUT2D eigenvalue weighted by Gasteiger charge is -2.33. The van der Waals surface area contributed by atoms with Gasteiger partial charge in [0.25, 0.3) is 0 Å². The molecular weight excluding hydrogens is 422 g/mol. The molecule has 4 rings (SSSR count). The zero-order valence-electron chi connectivity index (χ0n) is 20.3. The van der Waals surface area contributed by atoms with Crippen molar-refractivity contribution in [3.05, 3.63) is 71.8 Å². The third kappa shape index (κ3) is 6.49. The number of amides is 2. The number of carbonyl (C=O) groups excluding carboxylic acids is 2. The van der Waals surface area contributed by atoms with Gasteiger partial charge < -0.3 is 15.1 Å². The molecule has 1 aliphatic carbocycles. The first-order valence-corrected chi connectivity index (χ1v) is 12.7. The van der Waals surface area contributed by atoms with E-state index in [4.69, 9.17) is 0 Å². The fourth-order valence-electron chi connectivity index (χ4n) is 5.06. The smallest absolute Gasteiger partial charge is 0.246 e. The lowest BCUT2D eigenvalue weighted by molar-refractivity contribution is -0.132. The van der Waals surface area contributed by atoms with Crippen LogP contribution >= 0.6 is 0 Å². The van der Waals surface area contributed by atoms with Gasteiger partial charge in [-0.05, 0) is 55.0 Å². The quantitative estimate of drug-likeness (QED) is 0.591. The van der Waals surface area contributed by atoms with Crippen LogP contribution in [0.25, 0.3) is 6.08 Å². The molecule has 2 amide bonds. The highest BCUT2D eigenvalue weighted by atomic mass is 16.2. The predicted molar refractivity (Wildman–Crippen MR) is 138 cm³/mol. The maximum Gasteiger partial charge on any atom is 0.246 e. The van der Waals surface area contributed by atoms with Crippen LogP contribution in [0.4, 0.5) is 5.69 Å². The molecule has 0 atom stereocenters. The van der Waals surface area contributed by atoms with Gasteiger partial charge in [-0.2, -0.15) is 0 Å². The van der Waals surface area contributed by atoms with Crippen molar-refractivity contribution in [3.63, 3.8) is 0 Å². The second kappa shape index (κ2) is 11.9. The lowest BCUT2D eigenvalue weighted by atomic mass is 9.94. The summed E-state index contributed by atoms with van der Waals surface area (Å²) in [6, 6.07) is 19.0. The zero-order chi connectivity index (χ0) is 23.8. The van der Waals surface area contributed by atoms with Crippen molar-refractivity contribution in [2.45, 2.75) is 57.5 Å². The average molecular weight is 460 g/mol. The molecular formula is C29H37N3O2. The van der Waals surface area contributed by atoms with Gasteiger partial charge in [-0.25, -0.2) is 0 Å². The maximum absolute atomic E-state index is 12.7. The van der Waals surface area contributed by atoms with E-state index in [9.17, 15) is 9.59 Å². The minimum absolute atomic E-state index is 0.0148. The van der Waals surface area contributed by atoms with Crippen molar-refractivity contribution in [1.82, 2.24) is 10.2 Å². The van der Waals surface area contributed by atoms with E-state index >= 15 is 0 Å². The minimum atomic E-state index is -0.0288. The number of likely N-dealkylation sites (tertiary alicyclic amines) is 1. The van der Waals surface area contributed by atoms with Crippen molar-refractivity contribution in [2.24, 2.45) is 5.92 Å². The van der Waals surface area contributed by atoms with Gasteiger partial charge in [-0.3, -0.25) is 9.59 Å². The van der Waals surface area contributed by atoms with E-state index in [-0.39, 0.29) is 17.7 Å². The number of nitrogens with zero attached hydrogens (tertiary/aromatic N) is 2. The number of nitrogens with one attached hydrogen (secondary N) is 1. The summed E-state index contributed by atoms with van der Waals surface area (Å²) >= 11 is 0. The molecule has 2 aromatic rings.